The van der Waals surface area contributed by atoms with Crippen LogP contribution >= 0.6 is 11.6 Å². The maximum atomic E-state index is 13.3. The number of aromatic amines is 1. The number of nitrogens with one attached hydrogen (secondary N) is 2. The van der Waals surface area contributed by atoms with Crippen LogP contribution in [0.15, 0.2) is 48.7 Å². The molecule has 2 heterocycles. The van der Waals surface area contributed by atoms with Gasteiger partial charge in [-0.25, -0.2) is 9.29 Å². The lowest BCUT2D eigenvalue weighted by Crippen LogP contribution is -2.39. The van der Waals surface area contributed by atoms with E-state index in [1.54, 1.807) is 0 Å². The van der Waals surface area contributed by atoms with Gasteiger partial charge in [-0.05, 0) is 36.2 Å². The highest BCUT2D eigenvalue weighted by molar-refractivity contribution is 6.31. The Labute approximate surface area is 160 Å². The van der Waals surface area contributed by atoms with Crippen molar-refractivity contribution >= 4 is 40.0 Å². The molecule has 0 aliphatic carbocycles. The Morgan fingerprint density at radius 3 is 2.85 bits per heavy atom. The van der Waals surface area contributed by atoms with E-state index in [0.717, 1.165) is 33.9 Å². The van der Waals surface area contributed by atoms with E-state index < -0.39 is 11.9 Å². The highest BCUT2D eigenvalue weighted by atomic mass is 35.5. The molecule has 3 aromatic rings. The predicted octanol–water partition coefficient (Wildman–Crippen LogP) is 3.42. The van der Waals surface area contributed by atoms with E-state index in [2.05, 4.69) is 10.3 Å². The van der Waals surface area contributed by atoms with E-state index >= 15 is 0 Å². The second kappa shape index (κ2) is 7.13. The molecular formula is C20H17ClFN3O2. The molecule has 0 saturated carbocycles. The van der Waals surface area contributed by atoms with Gasteiger partial charge in [-0.15, -0.1) is 0 Å². The number of amides is 2. The molecule has 2 N–H and O–H groups in total. The summed E-state index contributed by atoms with van der Waals surface area (Å²) in [6.07, 6.45) is 2.76. The van der Waals surface area contributed by atoms with Crippen molar-refractivity contribution in [1.82, 2.24) is 10.3 Å². The molecular weight excluding hydrogens is 369 g/mol. The smallest absolute Gasteiger partial charge is 0.251 e. The minimum absolute atomic E-state index is 0.0711. The zero-order chi connectivity index (χ0) is 19.0. The molecule has 7 heteroatoms. The van der Waals surface area contributed by atoms with Gasteiger partial charge in [0.25, 0.3) is 5.91 Å². The quantitative estimate of drug-likeness (QED) is 0.661. The number of fused-ring (bicyclic) bond motifs is 1. The van der Waals surface area contributed by atoms with Gasteiger partial charge < -0.3 is 10.3 Å². The summed E-state index contributed by atoms with van der Waals surface area (Å²) in [5.74, 6) is -1.26. The van der Waals surface area contributed by atoms with E-state index in [1.807, 2.05) is 30.5 Å². The number of hydrogen-bond donors (Lipinski definition) is 2. The van der Waals surface area contributed by atoms with Crippen molar-refractivity contribution in [3.05, 3.63) is 65.1 Å². The van der Waals surface area contributed by atoms with Crippen molar-refractivity contribution in [1.29, 1.82) is 0 Å². The Morgan fingerprint density at radius 2 is 2.04 bits per heavy atom. The molecule has 5 nitrogen and oxygen atoms in total. The Morgan fingerprint density at radius 1 is 1.22 bits per heavy atom. The van der Waals surface area contributed by atoms with E-state index in [0.29, 0.717) is 6.54 Å². The van der Waals surface area contributed by atoms with Gasteiger partial charge in [0.2, 0.25) is 5.91 Å². The fourth-order valence-electron chi connectivity index (χ4n) is 3.41. The van der Waals surface area contributed by atoms with Crippen LogP contribution in [-0.4, -0.2) is 29.4 Å². The normalized spacial score (nSPS) is 17.3. The van der Waals surface area contributed by atoms with Crippen molar-refractivity contribution in [3.8, 4) is 0 Å². The highest BCUT2D eigenvalue weighted by Crippen LogP contribution is 2.27. The molecule has 2 amide bonds. The number of para-hydroxylation sites is 1. The molecule has 4 rings (SSSR count). The Balaban J connectivity index is 1.42. The first-order valence-corrected chi connectivity index (χ1v) is 9.02. The van der Waals surface area contributed by atoms with Crippen LogP contribution < -0.4 is 10.2 Å². The lowest BCUT2D eigenvalue weighted by molar-refractivity contribution is -0.121. The Hall–Kier alpha value is -2.70. The van der Waals surface area contributed by atoms with E-state index in [9.17, 15) is 14.0 Å². The molecule has 0 bridgehead atoms. The maximum Gasteiger partial charge on any atom is 0.251 e. The van der Waals surface area contributed by atoms with Crippen LogP contribution in [0.25, 0.3) is 10.9 Å². The highest BCUT2D eigenvalue weighted by Gasteiger charge is 2.39. The molecule has 27 heavy (non-hydrogen) atoms. The second-order valence-electron chi connectivity index (χ2n) is 6.49. The van der Waals surface area contributed by atoms with Crippen LogP contribution in [0.1, 0.15) is 12.0 Å². The van der Waals surface area contributed by atoms with Crippen molar-refractivity contribution < 1.29 is 14.0 Å². The van der Waals surface area contributed by atoms with Crippen LogP contribution in [-0.2, 0) is 16.0 Å². The average Bonchev–Trinajstić information content (AvgIpc) is 3.19. The largest absolute Gasteiger partial charge is 0.361 e. The first-order chi connectivity index (χ1) is 13.0. The summed E-state index contributed by atoms with van der Waals surface area (Å²) < 4.78 is 13.3. The molecule has 1 aliphatic rings. The number of benzene rings is 2. The van der Waals surface area contributed by atoms with Gasteiger partial charge in [-0.3, -0.25) is 9.59 Å². The summed E-state index contributed by atoms with van der Waals surface area (Å²) in [7, 11) is 0. The van der Waals surface area contributed by atoms with Crippen LogP contribution in [0, 0.1) is 5.82 Å². The van der Waals surface area contributed by atoms with Gasteiger partial charge in [-0.1, -0.05) is 29.8 Å². The number of rotatable bonds is 5. The number of H-pyrrole nitrogens is 1. The Kier molecular flexibility index (Phi) is 4.68. The van der Waals surface area contributed by atoms with Crippen molar-refractivity contribution in [3.63, 3.8) is 0 Å². The van der Waals surface area contributed by atoms with Crippen molar-refractivity contribution in [2.24, 2.45) is 0 Å². The molecule has 138 valence electrons. The summed E-state index contributed by atoms with van der Waals surface area (Å²) in [5.41, 5.74) is 2.51. The minimum Gasteiger partial charge on any atom is -0.361 e. The lowest BCUT2D eigenvalue weighted by atomic mass is 10.1. The molecule has 1 atom stereocenters. The van der Waals surface area contributed by atoms with Crippen LogP contribution in [0.3, 0.4) is 0 Å². The first kappa shape index (κ1) is 17.7. The summed E-state index contributed by atoms with van der Waals surface area (Å²) in [6.45, 7) is 0.559. The summed E-state index contributed by atoms with van der Waals surface area (Å²) in [5, 5.41) is 4.18. The van der Waals surface area contributed by atoms with Gasteiger partial charge >= 0.3 is 0 Å². The average molecular weight is 386 g/mol. The lowest BCUT2D eigenvalue weighted by Gasteiger charge is -2.16. The van der Waals surface area contributed by atoms with E-state index in [1.165, 1.54) is 12.1 Å². The summed E-state index contributed by atoms with van der Waals surface area (Å²) >= 11 is 5.77. The number of nitrogens with zero attached hydrogens (tertiary/aromatic N) is 1. The molecule has 0 radical (unpaired) electrons. The second-order valence-corrected chi connectivity index (χ2v) is 6.89. The summed E-state index contributed by atoms with van der Waals surface area (Å²) in [4.78, 5) is 29.2. The van der Waals surface area contributed by atoms with Crippen molar-refractivity contribution in [2.75, 3.05) is 11.4 Å². The molecule has 2 aromatic carbocycles. The zero-order valence-electron chi connectivity index (χ0n) is 14.3. The van der Waals surface area contributed by atoms with Crippen LogP contribution in [0.5, 0.6) is 0 Å². The molecule has 1 saturated heterocycles. The summed E-state index contributed by atoms with van der Waals surface area (Å²) in [6, 6.07) is 11.2. The number of hydrogen-bond acceptors (Lipinski definition) is 3. The van der Waals surface area contributed by atoms with E-state index in [-0.39, 0.29) is 28.9 Å². The van der Waals surface area contributed by atoms with E-state index in [4.69, 9.17) is 11.6 Å². The number of carbonyl (C=O) groups is 2. The molecule has 1 unspecified atom stereocenters. The number of carbonyl (C=O) groups excluding carboxylic acids is 2. The number of anilines is 1. The van der Waals surface area contributed by atoms with Gasteiger partial charge in [-0.2, -0.15) is 0 Å². The monoisotopic (exact) mass is 385 g/mol. The molecule has 0 spiro atoms. The van der Waals surface area contributed by atoms with Crippen LogP contribution in [0.2, 0.25) is 5.02 Å². The first-order valence-electron chi connectivity index (χ1n) is 8.65. The maximum absolute atomic E-state index is 13.3. The standard InChI is InChI=1S/C20H17ClFN3O2/c21-15-9-13(5-6-16(15)22)25-19(26)10-18(20(25)27)23-8-7-12-11-24-17-4-2-1-3-14(12)17/h1-6,9,11,18,23-24H,7-8,10H2. The number of imide groups is 1. The number of aromatic nitrogens is 1. The Bertz CT molecular complexity index is 1030. The third-order valence-corrected chi connectivity index (χ3v) is 5.06. The third-order valence-electron chi connectivity index (χ3n) is 4.77. The van der Waals surface area contributed by atoms with Gasteiger partial charge in [0.05, 0.1) is 23.2 Å². The fraction of sp³-hybridized carbons (Fsp3) is 0.200. The fourth-order valence-corrected chi connectivity index (χ4v) is 3.58. The number of halogens is 2. The predicted molar refractivity (Wildman–Crippen MR) is 102 cm³/mol. The zero-order valence-corrected chi connectivity index (χ0v) is 15.1. The third kappa shape index (κ3) is 3.34. The topological polar surface area (TPSA) is 65.2 Å². The van der Waals surface area contributed by atoms with Gasteiger partial charge in [0, 0.05) is 23.6 Å². The van der Waals surface area contributed by atoms with Gasteiger partial charge in [0.1, 0.15) is 5.82 Å². The SMILES string of the molecule is O=C1CC(NCCc2c[nH]c3ccccc23)C(=O)N1c1ccc(F)c(Cl)c1. The molecule has 1 aliphatic heterocycles. The molecule has 1 fully saturated rings. The van der Waals surface area contributed by atoms with Gasteiger partial charge in [0.15, 0.2) is 0 Å². The minimum atomic E-state index is -0.591. The van der Waals surface area contributed by atoms with Crippen molar-refractivity contribution in [2.45, 2.75) is 18.9 Å². The molecule has 1 aromatic heterocycles. The van der Waals surface area contributed by atoms with Crippen LogP contribution in [0.4, 0.5) is 10.1 Å².